The first-order chi connectivity index (χ1) is 12.6. The number of rotatable bonds is 4. The number of hydrogen-bond donors (Lipinski definition) is 2. The Bertz CT molecular complexity index is 603. The smallest absolute Gasteiger partial charge is 0.246 e. The SMILES string of the molecule is C/C=C/C[C@H]1C(=O)N(C)[C@H](C)C(=O)NCC(=O)N[C@@H](CC(C)C)C(=O)N1C. The molecule has 0 bridgehead atoms. The van der Waals surface area contributed by atoms with Crippen LogP contribution >= 0.6 is 0 Å². The number of amides is 4. The average Bonchev–Trinajstić information content (AvgIpc) is 2.62. The Labute approximate surface area is 161 Å². The summed E-state index contributed by atoms with van der Waals surface area (Å²) in [5.74, 6) is -1.31. The highest BCUT2D eigenvalue weighted by molar-refractivity contribution is 5.96. The second-order valence-corrected chi connectivity index (χ2v) is 7.36. The molecule has 1 aliphatic heterocycles. The van der Waals surface area contributed by atoms with Gasteiger partial charge in [0, 0.05) is 14.1 Å². The van der Waals surface area contributed by atoms with Crippen LogP contribution < -0.4 is 10.6 Å². The van der Waals surface area contributed by atoms with E-state index in [-0.39, 0.29) is 24.3 Å². The zero-order chi connectivity index (χ0) is 20.7. The van der Waals surface area contributed by atoms with E-state index < -0.39 is 29.9 Å². The Kier molecular flexibility index (Phi) is 8.46. The Hall–Kier alpha value is -2.38. The number of hydrogen-bond acceptors (Lipinski definition) is 4. The van der Waals surface area contributed by atoms with Crippen molar-refractivity contribution in [2.24, 2.45) is 5.92 Å². The number of likely N-dealkylation sites (N-methyl/N-ethyl adjacent to an activating group) is 2. The molecule has 0 saturated carbocycles. The van der Waals surface area contributed by atoms with E-state index in [1.54, 1.807) is 14.0 Å². The standard InChI is InChI=1S/C19H32N4O4/c1-7-8-9-15-19(27)22(5)13(4)17(25)20-11-16(24)21-14(10-12(2)3)18(26)23(15)6/h7-8,12-15H,9-11H2,1-6H3,(H,20,25)(H,21,24)/b8-7+/t13-,14+,15+/m1/s1. The van der Waals surface area contributed by atoms with Crippen molar-refractivity contribution in [2.75, 3.05) is 20.6 Å². The Morgan fingerprint density at radius 2 is 1.74 bits per heavy atom. The van der Waals surface area contributed by atoms with Crippen molar-refractivity contribution < 1.29 is 19.2 Å². The van der Waals surface area contributed by atoms with Gasteiger partial charge in [0.1, 0.15) is 18.1 Å². The first-order valence-electron chi connectivity index (χ1n) is 9.31. The van der Waals surface area contributed by atoms with Crippen molar-refractivity contribution in [1.29, 1.82) is 0 Å². The van der Waals surface area contributed by atoms with Crippen LogP contribution in [0.5, 0.6) is 0 Å². The maximum absolute atomic E-state index is 13.0. The van der Waals surface area contributed by atoms with Crippen LogP contribution in [0.2, 0.25) is 0 Å². The normalized spacial score (nSPS) is 26.1. The third kappa shape index (κ3) is 6.08. The molecule has 1 heterocycles. The lowest BCUT2D eigenvalue weighted by molar-refractivity contribution is -0.149. The summed E-state index contributed by atoms with van der Waals surface area (Å²) in [7, 11) is 3.10. The van der Waals surface area contributed by atoms with Crippen molar-refractivity contribution in [2.45, 2.75) is 58.7 Å². The molecule has 0 radical (unpaired) electrons. The summed E-state index contributed by atoms with van der Waals surface area (Å²) in [5.41, 5.74) is 0. The first-order valence-corrected chi connectivity index (χ1v) is 9.31. The van der Waals surface area contributed by atoms with Crippen LogP contribution in [0.1, 0.15) is 40.5 Å². The van der Waals surface area contributed by atoms with Gasteiger partial charge >= 0.3 is 0 Å². The minimum atomic E-state index is -0.757. The molecule has 0 aromatic heterocycles. The molecule has 1 aliphatic rings. The summed E-state index contributed by atoms with van der Waals surface area (Å²) in [6.07, 6.45) is 4.40. The van der Waals surface area contributed by atoms with Gasteiger partial charge in [-0.2, -0.15) is 0 Å². The number of nitrogens with one attached hydrogen (secondary N) is 2. The number of allylic oxidation sites excluding steroid dienone is 1. The molecule has 0 aromatic rings. The van der Waals surface area contributed by atoms with E-state index >= 15 is 0 Å². The molecule has 4 amide bonds. The van der Waals surface area contributed by atoms with E-state index in [1.165, 1.54) is 16.8 Å². The lowest BCUT2D eigenvalue weighted by Gasteiger charge is -2.35. The molecule has 27 heavy (non-hydrogen) atoms. The summed E-state index contributed by atoms with van der Waals surface area (Å²) in [4.78, 5) is 53.2. The van der Waals surface area contributed by atoms with Gasteiger partial charge in [-0.15, -0.1) is 0 Å². The third-order valence-electron chi connectivity index (χ3n) is 4.77. The Morgan fingerprint density at radius 1 is 1.11 bits per heavy atom. The fraction of sp³-hybridized carbons (Fsp3) is 0.684. The second kappa shape index (κ2) is 10.1. The molecular weight excluding hydrogens is 348 g/mol. The average molecular weight is 380 g/mol. The number of carbonyl (C=O) groups excluding carboxylic acids is 4. The predicted molar refractivity (Wildman–Crippen MR) is 103 cm³/mol. The molecule has 8 nitrogen and oxygen atoms in total. The van der Waals surface area contributed by atoms with E-state index in [0.29, 0.717) is 12.8 Å². The zero-order valence-corrected chi connectivity index (χ0v) is 17.1. The van der Waals surface area contributed by atoms with Crippen LogP contribution in [0.3, 0.4) is 0 Å². The Morgan fingerprint density at radius 3 is 2.30 bits per heavy atom. The van der Waals surface area contributed by atoms with Gasteiger partial charge in [-0.3, -0.25) is 19.2 Å². The van der Waals surface area contributed by atoms with Crippen molar-refractivity contribution >= 4 is 23.6 Å². The molecule has 8 heteroatoms. The minimum Gasteiger partial charge on any atom is -0.345 e. The largest absolute Gasteiger partial charge is 0.345 e. The van der Waals surface area contributed by atoms with Crippen LogP contribution in [0.15, 0.2) is 12.2 Å². The molecule has 1 fully saturated rings. The monoisotopic (exact) mass is 380 g/mol. The van der Waals surface area contributed by atoms with Crippen LogP contribution in [0, 0.1) is 5.92 Å². The van der Waals surface area contributed by atoms with E-state index in [0.717, 1.165) is 0 Å². The van der Waals surface area contributed by atoms with Gasteiger partial charge in [0.25, 0.3) is 0 Å². The van der Waals surface area contributed by atoms with Crippen LogP contribution in [0.4, 0.5) is 0 Å². The van der Waals surface area contributed by atoms with Gasteiger partial charge in [0.15, 0.2) is 0 Å². The lowest BCUT2D eigenvalue weighted by Crippen LogP contribution is -2.59. The molecule has 1 saturated heterocycles. The quantitative estimate of drug-likeness (QED) is 0.685. The first kappa shape index (κ1) is 22.7. The fourth-order valence-corrected chi connectivity index (χ4v) is 2.94. The molecular formula is C19H32N4O4. The summed E-state index contributed by atoms with van der Waals surface area (Å²) >= 11 is 0. The van der Waals surface area contributed by atoms with Crippen LogP contribution in [0.25, 0.3) is 0 Å². The lowest BCUT2D eigenvalue weighted by atomic mass is 10.0. The predicted octanol–water partition coefficient (Wildman–Crippen LogP) is 0.287. The van der Waals surface area contributed by atoms with Crippen molar-refractivity contribution in [3.05, 3.63) is 12.2 Å². The zero-order valence-electron chi connectivity index (χ0n) is 17.1. The van der Waals surface area contributed by atoms with E-state index in [2.05, 4.69) is 10.6 Å². The molecule has 3 atom stereocenters. The highest BCUT2D eigenvalue weighted by atomic mass is 16.2. The van der Waals surface area contributed by atoms with Gasteiger partial charge in [-0.25, -0.2) is 0 Å². The van der Waals surface area contributed by atoms with Crippen LogP contribution in [-0.2, 0) is 19.2 Å². The second-order valence-electron chi connectivity index (χ2n) is 7.36. The fourth-order valence-electron chi connectivity index (χ4n) is 2.94. The van der Waals surface area contributed by atoms with Crippen LogP contribution in [-0.4, -0.2) is 72.2 Å². The van der Waals surface area contributed by atoms with Gasteiger partial charge in [0.2, 0.25) is 23.6 Å². The van der Waals surface area contributed by atoms with Crippen molar-refractivity contribution in [3.8, 4) is 0 Å². The highest BCUT2D eigenvalue weighted by Crippen LogP contribution is 2.15. The van der Waals surface area contributed by atoms with E-state index in [4.69, 9.17) is 0 Å². The maximum atomic E-state index is 13.0. The summed E-state index contributed by atoms with van der Waals surface area (Å²) in [5, 5.41) is 5.22. The highest BCUT2D eigenvalue weighted by Gasteiger charge is 2.36. The topological polar surface area (TPSA) is 98.8 Å². The molecule has 0 aliphatic carbocycles. The maximum Gasteiger partial charge on any atom is 0.246 e. The van der Waals surface area contributed by atoms with Gasteiger partial charge in [-0.05, 0) is 32.6 Å². The van der Waals surface area contributed by atoms with Crippen molar-refractivity contribution in [1.82, 2.24) is 20.4 Å². The summed E-state index contributed by atoms with van der Waals surface area (Å²) in [6.45, 7) is 7.10. The molecule has 152 valence electrons. The molecule has 2 N–H and O–H groups in total. The van der Waals surface area contributed by atoms with Gasteiger partial charge in [0.05, 0.1) is 6.54 Å². The van der Waals surface area contributed by atoms with Gasteiger partial charge in [-0.1, -0.05) is 26.0 Å². The van der Waals surface area contributed by atoms with E-state index in [1.807, 2.05) is 32.9 Å². The number of nitrogens with zero attached hydrogens (tertiary/aromatic N) is 2. The third-order valence-corrected chi connectivity index (χ3v) is 4.77. The Balaban J connectivity index is 3.29. The molecule has 0 spiro atoms. The number of carbonyl (C=O) groups is 4. The molecule has 0 aromatic carbocycles. The van der Waals surface area contributed by atoms with Gasteiger partial charge < -0.3 is 20.4 Å². The molecule has 1 rings (SSSR count). The molecule has 0 unspecified atom stereocenters. The van der Waals surface area contributed by atoms with E-state index in [9.17, 15) is 19.2 Å². The summed E-state index contributed by atoms with van der Waals surface area (Å²) < 4.78 is 0. The summed E-state index contributed by atoms with van der Waals surface area (Å²) in [6, 6.07) is -2.25. The van der Waals surface area contributed by atoms with Crippen molar-refractivity contribution in [3.63, 3.8) is 0 Å². The minimum absolute atomic E-state index is 0.169.